The Bertz CT molecular complexity index is 988. The Labute approximate surface area is 170 Å². The number of aryl methyl sites for hydroxylation is 1. The van der Waals surface area contributed by atoms with E-state index in [9.17, 15) is 9.90 Å². The standard InChI is InChI=1S/C22H25N3O4/c1-14-17(12-29-21(27)22(2,3)4)18-19(24-14)23-13-25(20(18)26)11-10-15-6-8-16(28-5)9-7-15/h6-9,13,20,24,26H,12H2,1-5H3. The van der Waals surface area contributed by atoms with E-state index in [0.29, 0.717) is 16.9 Å². The highest BCUT2D eigenvalue weighted by Gasteiger charge is 2.30. The summed E-state index contributed by atoms with van der Waals surface area (Å²) < 4.78 is 10.6. The fourth-order valence-corrected chi connectivity index (χ4v) is 2.80. The second kappa shape index (κ2) is 8.02. The van der Waals surface area contributed by atoms with Crippen molar-refractivity contribution in [2.24, 2.45) is 10.4 Å². The third-order valence-corrected chi connectivity index (χ3v) is 4.55. The summed E-state index contributed by atoms with van der Waals surface area (Å²) in [6.45, 7) is 7.30. The van der Waals surface area contributed by atoms with Crippen LogP contribution in [0.15, 0.2) is 29.3 Å². The zero-order valence-electron chi connectivity index (χ0n) is 17.2. The van der Waals surface area contributed by atoms with Gasteiger partial charge in [-0.25, -0.2) is 4.99 Å². The normalized spacial score (nSPS) is 15.4. The molecule has 0 amide bonds. The summed E-state index contributed by atoms with van der Waals surface area (Å²) in [6, 6.07) is 10.2. The van der Waals surface area contributed by atoms with Crippen LogP contribution >= 0.6 is 0 Å². The van der Waals surface area contributed by atoms with Gasteiger partial charge in [-0.15, -0.1) is 0 Å². The van der Waals surface area contributed by atoms with Crippen LogP contribution in [-0.4, -0.2) is 34.4 Å². The van der Waals surface area contributed by atoms with Crippen LogP contribution in [0.5, 0.6) is 5.75 Å². The van der Waals surface area contributed by atoms with E-state index < -0.39 is 11.6 Å². The van der Waals surface area contributed by atoms with Gasteiger partial charge in [0, 0.05) is 22.9 Å². The fraction of sp³-hybridized carbons (Fsp3) is 0.364. The number of aliphatic hydroxyl groups excluding tert-OH is 1. The third-order valence-electron chi connectivity index (χ3n) is 4.55. The van der Waals surface area contributed by atoms with Gasteiger partial charge < -0.3 is 19.6 Å². The van der Waals surface area contributed by atoms with Crippen LogP contribution in [0.2, 0.25) is 0 Å². The Hall–Kier alpha value is -3.24. The molecule has 2 N–H and O–H groups in total. The number of benzene rings is 1. The summed E-state index contributed by atoms with van der Waals surface area (Å²) in [5.74, 6) is 3.98. The molecule has 1 atom stereocenters. The fourth-order valence-electron chi connectivity index (χ4n) is 2.80. The first-order valence-electron chi connectivity index (χ1n) is 9.25. The van der Waals surface area contributed by atoms with Crippen molar-refractivity contribution >= 4 is 18.1 Å². The second-order valence-electron chi connectivity index (χ2n) is 7.81. The summed E-state index contributed by atoms with van der Waals surface area (Å²) in [4.78, 5) is 21.0. The van der Waals surface area contributed by atoms with E-state index in [4.69, 9.17) is 9.47 Å². The molecule has 2 aromatic rings. The number of carbonyl (C=O) groups excluding carboxylic acids is 1. The average Bonchev–Trinajstić information content (AvgIpc) is 3.01. The Balaban J connectivity index is 1.81. The van der Waals surface area contributed by atoms with Gasteiger partial charge in [0.15, 0.2) is 6.23 Å². The number of methoxy groups -OCH3 is 1. The molecule has 29 heavy (non-hydrogen) atoms. The van der Waals surface area contributed by atoms with Gasteiger partial charge in [-0.1, -0.05) is 0 Å². The number of esters is 1. The number of rotatable bonds is 3. The molecule has 0 saturated heterocycles. The molecule has 2 heterocycles. The van der Waals surface area contributed by atoms with Crippen LogP contribution in [0.1, 0.15) is 49.4 Å². The van der Waals surface area contributed by atoms with E-state index in [0.717, 1.165) is 17.0 Å². The molecule has 0 spiro atoms. The van der Waals surface area contributed by atoms with Crippen LogP contribution in [-0.2, 0) is 16.1 Å². The minimum atomic E-state index is -1.03. The first-order chi connectivity index (χ1) is 13.7. The van der Waals surface area contributed by atoms with E-state index in [1.807, 2.05) is 31.2 Å². The predicted molar refractivity (Wildman–Crippen MR) is 110 cm³/mol. The molecule has 1 aliphatic rings. The van der Waals surface area contributed by atoms with Crippen molar-refractivity contribution in [1.29, 1.82) is 0 Å². The molecule has 0 radical (unpaired) electrons. The predicted octanol–water partition coefficient (Wildman–Crippen LogP) is 3.40. The molecular formula is C22H25N3O4. The van der Waals surface area contributed by atoms with E-state index >= 15 is 0 Å². The minimum absolute atomic E-state index is 0.0557. The molecule has 0 aliphatic carbocycles. The summed E-state index contributed by atoms with van der Waals surface area (Å²) in [6.07, 6.45) is 0.450. The number of H-pyrrole nitrogens is 1. The van der Waals surface area contributed by atoms with E-state index in [1.54, 1.807) is 27.9 Å². The van der Waals surface area contributed by atoms with Crippen LogP contribution in [0.4, 0.5) is 5.82 Å². The van der Waals surface area contributed by atoms with E-state index in [-0.39, 0.29) is 12.6 Å². The SMILES string of the molecule is COc1ccc(C#CN2C=Nc3[nH]c(C)c(COC(=O)C(C)(C)C)c3C2O)cc1. The number of ether oxygens (including phenoxy) is 2. The van der Waals surface area contributed by atoms with Crippen molar-refractivity contribution in [3.63, 3.8) is 0 Å². The van der Waals surface area contributed by atoms with Crippen LogP contribution in [0.3, 0.4) is 0 Å². The number of aliphatic imine (C=N–C) groups is 1. The molecular weight excluding hydrogens is 370 g/mol. The zero-order chi connectivity index (χ0) is 21.2. The number of carbonyl (C=O) groups is 1. The van der Waals surface area contributed by atoms with Crippen LogP contribution < -0.4 is 4.74 Å². The quantitative estimate of drug-likeness (QED) is 0.614. The number of aromatic nitrogens is 1. The highest BCUT2D eigenvalue weighted by atomic mass is 16.5. The molecule has 0 bridgehead atoms. The Morgan fingerprint density at radius 3 is 2.62 bits per heavy atom. The lowest BCUT2D eigenvalue weighted by Crippen LogP contribution is -2.26. The Morgan fingerprint density at radius 2 is 2.00 bits per heavy atom. The number of fused-ring (bicyclic) bond motifs is 1. The highest BCUT2D eigenvalue weighted by molar-refractivity contribution is 5.75. The number of nitrogens with one attached hydrogen (secondary N) is 1. The molecule has 7 nitrogen and oxygen atoms in total. The molecule has 0 fully saturated rings. The maximum atomic E-state index is 12.1. The monoisotopic (exact) mass is 395 g/mol. The van der Waals surface area contributed by atoms with Crippen molar-refractivity contribution in [3.05, 3.63) is 46.6 Å². The summed E-state index contributed by atoms with van der Waals surface area (Å²) in [5.41, 5.74) is 2.24. The number of nitrogens with zero attached hydrogens (tertiary/aromatic N) is 2. The maximum absolute atomic E-state index is 12.1. The topological polar surface area (TPSA) is 87.1 Å². The lowest BCUT2D eigenvalue weighted by Gasteiger charge is -2.24. The van der Waals surface area contributed by atoms with E-state index in [1.165, 1.54) is 11.2 Å². The summed E-state index contributed by atoms with van der Waals surface area (Å²) >= 11 is 0. The van der Waals surface area contributed by atoms with Gasteiger partial charge in [0.2, 0.25) is 0 Å². The molecule has 1 aliphatic heterocycles. The number of aromatic amines is 1. The average molecular weight is 395 g/mol. The number of hydrogen-bond donors (Lipinski definition) is 2. The Kier molecular flexibility index (Phi) is 5.66. The summed E-state index contributed by atoms with van der Waals surface area (Å²) in [5, 5.41) is 10.9. The van der Waals surface area contributed by atoms with Crippen LogP contribution in [0.25, 0.3) is 0 Å². The van der Waals surface area contributed by atoms with Crippen molar-refractivity contribution in [3.8, 4) is 17.7 Å². The van der Waals surface area contributed by atoms with Crippen molar-refractivity contribution < 1.29 is 19.4 Å². The van der Waals surface area contributed by atoms with Crippen molar-refractivity contribution in [1.82, 2.24) is 9.88 Å². The van der Waals surface area contributed by atoms with Gasteiger partial charge in [-0.3, -0.25) is 9.69 Å². The Morgan fingerprint density at radius 1 is 1.31 bits per heavy atom. The lowest BCUT2D eigenvalue weighted by atomic mass is 9.97. The molecule has 1 aromatic carbocycles. The molecule has 1 aromatic heterocycles. The smallest absolute Gasteiger partial charge is 0.311 e. The highest BCUT2D eigenvalue weighted by Crippen LogP contribution is 2.36. The zero-order valence-corrected chi connectivity index (χ0v) is 17.2. The molecule has 152 valence electrons. The van der Waals surface area contributed by atoms with Crippen molar-refractivity contribution in [2.45, 2.75) is 40.5 Å². The second-order valence-corrected chi connectivity index (χ2v) is 7.81. The lowest BCUT2D eigenvalue weighted by molar-refractivity contribution is -0.154. The van der Waals surface area contributed by atoms with E-state index in [2.05, 4.69) is 21.9 Å². The van der Waals surface area contributed by atoms with Gasteiger partial charge in [-0.05, 0) is 57.9 Å². The van der Waals surface area contributed by atoms with Gasteiger partial charge >= 0.3 is 5.97 Å². The van der Waals surface area contributed by atoms with Gasteiger partial charge in [0.25, 0.3) is 0 Å². The minimum Gasteiger partial charge on any atom is -0.497 e. The largest absolute Gasteiger partial charge is 0.497 e. The first kappa shape index (κ1) is 20.5. The van der Waals surface area contributed by atoms with Crippen molar-refractivity contribution in [2.75, 3.05) is 7.11 Å². The first-order valence-corrected chi connectivity index (χ1v) is 9.25. The maximum Gasteiger partial charge on any atom is 0.311 e. The molecule has 7 heteroatoms. The van der Waals surface area contributed by atoms with Gasteiger partial charge in [0.1, 0.15) is 24.5 Å². The molecule has 1 unspecified atom stereocenters. The number of aliphatic hydroxyl groups is 1. The molecule has 3 rings (SSSR count). The summed E-state index contributed by atoms with van der Waals surface area (Å²) in [7, 11) is 1.61. The molecule has 0 saturated carbocycles. The number of hydrogen-bond acceptors (Lipinski definition) is 6. The van der Waals surface area contributed by atoms with Crippen LogP contribution in [0, 0.1) is 24.3 Å². The van der Waals surface area contributed by atoms with Gasteiger partial charge in [-0.2, -0.15) is 0 Å². The third kappa shape index (κ3) is 4.44. The van der Waals surface area contributed by atoms with Gasteiger partial charge in [0.05, 0.1) is 18.1 Å².